The number of carbonyl (C=O) groups excluding carboxylic acids is 1. The summed E-state index contributed by atoms with van der Waals surface area (Å²) in [5, 5.41) is 14.4. The van der Waals surface area contributed by atoms with Gasteiger partial charge < -0.3 is 5.73 Å². The number of hydrogen-bond acceptors (Lipinski definition) is 6. The van der Waals surface area contributed by atoms with Crippen LogP contribution in [0.15, 0.2) is 73.3 Å². The number of pyridine rings is 2. The van der Waals surface area contributed by atoms with Crippen LogP contribution in [-0.2, 0) is 23.2 Å². The van der Waals surface area contributed by atoms with Crippen LogP contribution >= 0.6 is 0 Å². The van der Waals surface area contributed by atoms with Gasteiger partial charge in [0.1, 0.15) is 5.54 Å². The van der Waals surface area contributed by atoms with E-state index in [1.165, 1.54) is 12.1 Å². The highest BCUT2D eigenvalue weighted by molar-refractivity contribution is 5.86. The van der Waals surface area contributed by atoms with Crippen LogP contribution in [-0.4, -0.2) is 27.3 Å². The van der Waals surface area contributed by atoms with Crippen LogP contribution in [0.4, 0.5) is 5.69 Å². The van der Waals surface area contributed by atoms with E-state index >= 15 is 0 Å². The zero-order valence-electron chi connectivity index (χ0n) is 16.4. The van der Waals surface area contributed by atoms with Crippen molar-refractivity contribution in [2.75, 3.05) is 6.54 Å². The van der Waals surface area contributed by atoms with E-state index in [2.05, 4.69) is 15.3 Å². The molecule has 154 valence electrons. The Morgan fingerprint density at radius 2 is 1.47 bits per heavy atom. The minimum Gasteiger partial charge on any atom is -0.368 e. The van der Waals surface area contributed by atoms with Gasteiger partial charge in [0.15, 0.2) is 0 Å². The third-order valence-electron chi connectivity index (χ3n) is 5.12. The number of nitro groups is 1. The maximum absolute atomic E-state index is 12.7. The van der Waals surface area contributed by atoms with Gasteiger partial charge in [0.05, 0.1) is 4.92 Å². The molecule has 2 heterocycles. The van der Waals surface area contributed by atoms with Crippen molar-refractivity contribution in [2.45, 2.75) is 24.8 Å². The lowest BCUT2D eigenvalue weighted by Crippen LogP contribution is -2.53. The number of aromatic nitrogens is 2. The Kier molecular flexibility index (Phi) is 6.82. The normalized spacial score (nSPS) is 12.8. The number of benzene rings is 1. The Hall–Kier alpha value is -3.65. The molecule has 0 aliphatic carbocycles. The van der Waals surface area contributed by atoms with E-state index in [0.29, 0.717) is 31.4 Å². The topological polar surface area (TPSA) is 124 Å². The SMILES string of the molecule is NC(=O)C(CCc1ccncc1)(NCCc1ccncc1)c1ccc([N+](=O)[O-])cc1. The lowest BCUT2D eigenvalue weighted by molar-refractivity contribution is -0.384. The van der Waals surface area contributed by atoms with E-state index in [0.717, 1.165) is 11.1 Å². The third kappa shape index (κ3) is 5.03. The molecule has 2 aromatic heterocycles. The van der Waals surface area contributed by atoms with Gasteiger partial charge in [-0.3, -0.25) is 30.2 Å². The fourth-order valence-corrected chi connectivity index (χ4v) is 3.41. The summed E-state index contributed by atoms with van der Waals surface area (Å²) < 4.78 is 0. The van der Waals surface area contributed by atoms with E-state index in [4.69, 9.17) is 5.73 Å². The molecule has 0 aliphatic heterocycles. The molecule has 30 heavy (non-hydrogen) atoms. The van der Waals surface area contributed by atoms with Crippen LogP contribution in [0.2, 0.25) is 0 Å². The maximum Gasteiger partial charge on any atom is 0.269 e. The number of nitrogens with one attached hydrogen (secondary N) is 1. The molecule has 0 saturated heterocycles. The first-order valence-electron chi connectivity index (χ1n) is 9.59. The van der Waals surface area contributed by atoms with Crippen LogP contribution in [0, 0.1) is 10.1 Å². The number of nitro benzene ring substituents is 1. The number of rotatable bonds is 10. The summed E-state index contributed by atoms with van der Waals surface area (Å²) in [7, 11) is 0. The number of carbonyl (C=O) groups is 1. The molecule has 0 bridgehead atoms. The Labute approximate surface area is 174 Å². The first-order valence-corrected chi connectivity index (χ1v) is 9.59. The monoisotopic (exact) mass is 405 g/mol. The molecule has 3 N–H and O–H groups in total. The molecule has 0 fully saturated rings. The molecule has 0 saturated carbocycles. The fourth-order valence-electron chi connectivity index (χ4n) is 3.41. The Balaban J connectivity index is 1.87. The second kappa shape index (κ2) is 9.71. The Morgan fingerprint density at radius 1 is 0.933 bits per heavy atom. The van der Waals surface area contributed by atoms with Gasteiger partial charge in [-0.1, -0.05) is 0 Å². The molecule has 1 unspecified atom stereocenters. The quantitative estimate of drug-likeness (QED) is 0.394. The van der Waals surface area contributed by atoms with E-state index in [1.54, 1.807) is 36.9 Å². The summed E-state index contributed by atoms with van der Waals surface area (Å²) in [5.41, 5.74) is 7.39. The van der Waals surface area contributed by atoms with Gasteiger partial charge in [-0.2, -0.15) is 0 Å². The summed E-state index contributed by atoms with van der Waals surface area (Å²) in [4.78, 5) is 31.3. The van der Waals surface area contributed by atoms with Gasteiger partial charge in [0.2, 0.25) is 5.91 Å². The largest absolute Gasteiger partial charge is 0.368 e. The number of aryl methyl sites for hydroxylation is 1. The summed E-state index contributed by atoms with van der Waals surface area (Å²) in [6, 6.07) is 13.6. The van der Waals surface area contributed by atoms with Crippen LogP contribution < -0.4 is 11.1 Å². The second-order valence-corrected chi connectivity index (χ2v) is 6.96. The van der Waals surface area contributed by atoms with Crippen molar-refractivity contribution >= 4 is 11.6 Å². The lowest BCUT2D eigenvalue weighted by atomic mass is 9.83. The maximum atomic E-state index is 12.7. The summed E-state index contributed by atoms with van der Waals surface area (Å²) >= 11 is 0. The number of nitrogens with zero attached hydrogens (tertiary/aromatic N) is 3. The smallest absolute Gasteiger partial charge is 0.269 e. The van der Waals surface area contributed by atoms with Crippen molar-refractivity contribution in [2.24, 2.45) is 5.73 Å². The molecule has 0 spiro atoms. The average molecular weight is 405 g/mol. The van der Waals surface area contributed by atoms with E-state index in [9.17, 15) is 14.9 Å². The van der Waals surface area contributed by atoms with Crippen molar-refractivity contribution in [3.05, 3.63) is 100 Å². The lowest BCUT2D eigenvalue weighted by Gasteiger charge is -2.33. The predicted octanol–water partition coefficient (Wildman–Crippen LogP) is 2.53. The molecular formula is C22H23N5O3. The number of nitrogens with two attached hydrogens (primary N) is 1. The molecular weight excluding hydrogens is 382 g/mol. The molecule has 8 heteroatoms. The van der Waals surface area contributed by atoms with Crippen LogP contribution in [0.3, 0.4) is 0 Å². The van der Waals surface area contributed by atoms with Gasteiger partial charge >= 0.3 is 0 Å². The van der Waals surface area contributed by atoms with Crippen molar-refractivity contribution in [3.63, 3.8) is 0 Å². The molecule has 1 amide bonds. The van der Waals surface area contributed by atoms with E-state index in [1.807, 2.05) is 24.3 Å². The highest BCUT2D eigenvalue weighted by atomic mass is 16.6. The molecule has 3 aromatic rings. The van der Waals surface area contributed by atoms with Crippen LogP contribution in [0.1, 0.15) is 23.1 Å². The first-order chi connectivity index (χ1) is 14.5. The summed E-state index contributed by atoms with van der Waals surface area (Å²) in [6.07, 6.45) is 8.51. The molecule has 0 aliphatic rings. The molecule has 1 aromatic carbocycles. The fraction of sp³-hybridized carbons (Fsp3) is 0.227. The van der Waals surface area contributed by atoms with E-state index in [-0.39, 0.29) is 5.69 Å². The Morgan fingerprint density at radius 3 is 1.97 bits per heavy atom. The predicted molar refractivity (Wildman–Crippen MR) is 112 cm³/mol. The minimum absolute atomic E-state index is 0.0389. The minimum atomic E-state index is -1.16. The van der Waals surface area contributed by atoms with Gasteiger partial charge in [-0.05, 0) is 72.4 Å². The van der Waals surface area contributed by atoms with Crippen LogP contribution in [0.5, 0.6) is 0 Å². The number of primary amides is 1. The van der Waals surface area contributed by atoms with Crippen molar-refractivity contribution in [1.82, 2.24) is 15.3 Å². The molecule has 0 radical (unpaired) electrons. The van der Waals surface area contributed by atoms with Crippen LogP contribution in [0.25, 0.3) is 0 Å². The number of non-ortho nitro benzene ring substituents is 1. The number of amides is 1. The standard InChI is InChI=1S/C22H23N5O3/c23-21(28)22(11-5-17-6-12-24-13-7-17,19-1-3-20(4-2-19)27(29)30)26-16-10-18-8-14-25-15-9-18/h1-4,6-9,12-15,26H,5,10-11,16H2,(H2,23,28). The zero-order valence-corrected chi connectivity index (χ0v) is 16.4. The summed E-state index contributed by atoms with van der Waals surface area (Å²) in [6.45, 7) is 0.500. The molecule has 3 rings (SSSR count). The summed E-state index contributed by atoms with van der Waals surface area (Å²) in [5.74, 6) is -0.528. The van der Waals surface area contributed by atoms with E-state index < -0.39 is 16.4 Å². The van der Waals surface area contributed by atoms with Gasteiger partial charge in [-0.25, -0.2) is 0 Å². The Bertz CT molecular complexity index is 981. The highest BCUT2D eigenvalue weighted by Crippen LogP contribution is 2.29. The number of hydrogen-bond donors (Lipinski definition) is 2. The first kappa shape index (κ1) is 21.1. The van der Waals surface area contributed by atoms with Gasteiger partial charge in [-0.15, -0.1) is 0 Å². The van der Waals surface area contributed by atoms with Crippen molar-refractivity contribution < 1.29 is 9.72 Å². The second-order valence-electron chi connectivity index (χ2n) is 6.96. The van der Waals surface area contributed by atoms with Crippen molar-refractivity contribution in [3.8, 4) is 0 Å². The average Bonchev–Trinajstić information content (AvgIpc) is 2.77. The third-order valence-corrected chi connectivity index (χ3v) is 5.12. The zero-order chi connectivity index (χ0) is 21.4. The van der Waals surface area contributed by atoms with Gasteiger partial charge in [0.25, 0.3) is 5.69 Å². The molecule has 1 atom stereocenters. The highest BCUT2D eigenvalue weighted by Gasteiger charge is 2.38. The van der Waals surface area contributed by atoms with Gasteiger partial charge in [0, 0.05) is 43.5 Å². The molecule has 8 nitrogen and oxygen atoms in total. The van der Waals surface area contributed by atoms with Crippen molar-refractivity contribution in [1.29, 1.82) is 0 Å².